The minimum atomic E-state index is -0.0810. The van der Waals surface area contributed by atoms with Crippen molar-refractivity contribution >= 4 is 17.5 Å². The van der Waals surface area contributed by atoms with Gasteiger partial charge in [-0.15, -0.1) is 0 Å². The van der Waals surface area contributed by atoms with E-state index in [1.807, 2.05) is 30.0 Å². The van der Waals surface area contributed by atoms with E-state index in [9.17, 15) is 4.79 Å². The summed E-state index contributed by atoms with van der Waals surface area (Å²) in [4.78, 5) is 23.1. The van der Waals surface area contributed by atoms with Crippen molar-refractivity contribution in [2.75, 3.05) is 0 Å². The van der Waals surface area contributed by atoms with E-state index in [-0.39, 0.29) is 23.1 Å². The Morgan fingerprint density at radius 3 is 2.62 bits per heavy atom. The Morgan fingerprint density at radius 1 is 1.24 bits per heavy atom. The predicted molar refractivity (Wildman–Crippen MR) is 81.1 cm³/mol. The van der Waals surface area contributed by atoms with Crippen molar-refractivity contribution in [1.82, 2.24) is 14.9 Å². The fourth-order valence-corrected chi connectivity index (χ4v) is 2.66. The number of nitrogens with zero attached hydrogens (tertiary/aromatic N) is 3. The van der Waals surface area contributed by atoms with Crippen LogP contribution in [0.3, 0.4) is 0 Å². The van der Waals surface area contributed by atoms with Crippen LogP contribution in [-0.2, 0) is 0 Å². The lowest BCUT2D eigenvalue weighted by Gasteiger charge is -2.29. The van der Waals surface area contributed by atoms with Gasteiger partial charge in [0.15, 0.2) is 0 Å². The van der Waals surface area contributed by atoms with Gasteiger partial charge in [-0.25, -0.2) is 4.98 Å². The maximum absolute atomic E-state index is 12.8. The van der Waals surface area contributed by atoms with E-state index in [4.69, 9.17) is 11.6 Å². The van der Waals surface area contributed by atoms with E-state index in [0.717, 1.165) is 18.5 Å². The molecule has 21 heavy (non-hydrogen) atoms. The fraction of sp³-hybridized carbons (Fsp3) is 0.312. The molecule has 0 unspecified atom stereocenters. The van der Waals surface area contributed by atoms with Crippen molar-refractivity contribution in [3.05, 3.63) is 59.1 Å². The van der Waals surface area contributed by atoms with Crippen LogP contribution >= 0.6 is 11.6 Å². The predicted octanol–water partition coefficient (Wildman–Crippen LogP) is 3.50. The molecule has 1 saturated carbocycles. The van der Waals surface area contributed by atoms with Gasteiger partial charge in [0.25, 0.3) is 5.91 Å². The highest BCUT2D eigenvalue weighted by Crippen LogP contribution is 2.35. The summed E-state index contributed by atoms with van der Waals surface area (Å²) < 4.78 is 0. The number of rotatable bonds is 4. The maximum atomic E-state index is 12.8. The topological polar surface area (TPSA) is 46.1 Å². The highest BCUT2D eigenvalue weighted by molar-refractivity contribution is 6.32. The number of halogens is 1. The zero-order valence-electron chi connectivity index (χ0n) is 11.7. The second-order valence-corrected chi connectivity index (χ2v) is 5.57. The average molecular weight is 302 g/mol. The van der Waals surface area contributed by atoms with Crippen LogP contribution in [0.5, 0.6) is 0 Å². The van der Waals surface area contributed by atoms with Crippen LogP contribution < -0.4 is 0 Å². The molecule has 3 rings (SSSR count). The van der Waals surface area contributed by atoms with E-state index in [1.165, 1.54) is 0 Å². The largest absolute Gasteiger partial charge is 0.327 e. The van der Waals surface area contributed by atoms with Crippen LogP contribution in [0.2, 0.25) is 5.15 Å². The molecule has 1 aliphatic carbocycles. The SMILES string of the molecule is C[C@H](c1ccccn1)N(C(=O)c1cccnc1Cl)C1CC1. The van der Waals surface area contributed by atoms with Crippen molar-refractivity contribution in [3.8, 4) is 0 Å². The van der Waals surface area contributed by atoms with Gasteiger partial charge in [-0.1, -0.05) is 17.7 Å². The molecule has 1 fully saturated rings. The minimum absolute atomic E-state index is 0.0752. The lowest BCUT2D eigenvalue weighted by atomic mass is 10.1. The van der Waals surface area contributed by atoms with Gasteiger partial charge in [-0.3, -0.25) is 9.78 Å². The number of carbonyl (C=O) groups excluding carboxylic acids is 1. The van der Waals surface area contributed by atoms with Crippen LogP contribution in [0.4, 0.5) is 0 Å². The summed E-state index contributed by atoms with van der Waals surface area (Å²) >= 11 is 6.06. The molecule has 1 aliphatic rings. The molecular formula is C16H16ClN3O. The van der Waals surface area contributed by atoms with Crippen molar-refractivity contribution in [2.45, 2.75) is 31.8 Å². The van der Waals surface area contributed by atoms with Gasteiger partial charge in [-0.2, -0.15) is 0 Å². The van der Waals surface area contributed by atoms with Gasteiger partial charge < -0.3 is 4.90 Å². The first-order valence-electron chi connectivity index (χ1n) is 7.02. The molecule has 0 radical (unpaired) electrons. The van der Waals surface area contributed by atoms with Gasteiger partial charge in [0.1, 0.15) is 5.15 Å². The molecule has 0 aliphatic heterocycles. The lowest BCUT2D eigenvalue weighted by molar-refractivity contribution is 0.0670. The number of pyridine rings is 2. The van der Waals surface area contributed by atoms with E-state index in [1.54, 1.807) is 24.5 Å². The first-order valence-corrected chi connectivity index (χ1v) is 7.40. The quantitative estimate of drug-likeness (QED) is 0.812. The van der Waals surface area contributed by atoms with Gasteiger partial charge >= 0.3 is 0 Å². The molecule has 5 heteroatoms. The zero-order chi connectivity index (χ0) is 14.8. The first kappa shape index (κ1) is 14.0. The number of aromatic nitrogens is 2. The summed E-state index contributed by atoms with van der Waals surface area (Å²) in [5.74, 6) is -0.0752. The molecule has 1 atom stereocenters. The zero-order valence-corrected chi connectivity index (χ0v) is 12.5. The summed E-state index contributed by atoms with van der Waals surface area (Å²) in [7, 11) is 0. The summed E-state index contributed by atoms with van der Waals surface area (Å²) in [5, 5.41) is 0.251. The maximum Gasteiger partial charge on any atom is 0.257 e. The standard InChI is InChI=1S/C16H16ClN3O/c1-11(14-6-2-3-9-18-14)20(12-7-8-12)16(21)13-5-4-10-19-15(13)17/h2-6,9-12H,7-8H2,1H3/t11-/m1/s1. The van der Waals surface area contributed by atoms with Gasteiger partial charge in [0.2, 0.25) is 0 Å². The second-order valence-electron chi connectivity index (χ2n) is 5.22. The summed E-state index contributed by atoms with van der Waals surface area (Å²) in [5.41, 5.74) is 1.34. The van der Waals surface area contributed by atoms with E-state index in [0.29, 0.717) is 5.56 Å². The van der Waals surface area contributed by atoms with Crippen LogP contribution in [0.25, 0.3) is 0 Å². The number of amides is 1. The first-order chi connectivity index (χ1) is 10.2. The normalized spacial score (nSPS) is 15.5. The second kappa shape index (κ2) is 5.82. The van der Waals surface area contributed by atoms with Crippen molar-refractivity contribution < 1.29 is 4.79 Å². The summed E-state index contributed by atoms with van der Waals surface area (Å²) in [6, 6.07) is 9.39. The summed E-state index contributed by atoms with van der Waals surface area (Å²) in [6.45, 7) is 2.00. The molecule has 108 valence electrons. The molecule has 2 heterocycles. The third kappa shape index (κ3) is 2.90. The summed E-state index contributed by atoms with van der Waals surface area (Å²) in [6.07, 6.45) is 5.39. The van der Waals surface area contributed by atoms with Crippen molar-refractivity contribution in [3.63, 3.8) is 0 Å². The molecule has 0 bridgehead atoms. The Hall–Kier alpha value is -1.94. The van der Waals surface area contributed by atoms with Crippen LogP contribution in [0, 0.1) is 0 Å². The van der Waals surface area contributed by atoms with Crippen LogP contribution in [-0.4, -0.2) is 26.8 Å². The molecule has 2 aromatic rings. The molecule has 4 nitrogen and oxygen atoms in total. The Balaban J connectivity index is 1.92. The highest BCUT2D eigenvalue weighted by Gasteiger charge is 2.37. The highest BCUT2D eigenvalue weighted by atomic mass is 35.5. The van der Waals surface area contributed by atoms with Gasteiger partial charge in [-0.05, 0) is 44.0 Å². The number of hydrogen-bond donors (Lipinski definition) is 0. The van der Waals surface area contributed by atoms with E-state index in [2.05, 4.69) is 9.97 Å². The Labute approximate surface area is 128 Å². The third-order valence-electron chi connectivity index (χ3n) is 3.70. The lowest BCUT2D eigenvalue weighted by Crippen LogP contribution is -2.36. The van der Waals surface area contributed by atoms with E-state index >= 15 is 0 Å². The number of carbonyl (C=O) groups is 1. The molecule has 0 aromatic carbocycles. The van der Waals surface area contributed by atoms with Crippen LogP contribution in [0.1, 0.15) is 41.9 Å². The van der Waals surface area contributed by atoms with E-state index < -0.39 is 0 Å². The monoisotopic (exact) mass is 301 g/mol. The molecule has 1 amide bonds. The minimum Gasteiger partial charge on any atom is -0.327 e. The molecule has 2 aromatic heterocycles. The van der Waals surface area contributed by atoms with Crippen molar-refractivity contribution in [1.29, 1.82) is 0 Å². The molecule has 0 N–H and O–H groups in total. The molecular weight excluding hydrogens is 286 g/mol. The average Bonchev–Trinajstić information content (AvgIpc) is 3.33. The molecule has 0 spiro atoms. The Morgan fingerprint density at radius 2 is 2.00 bits per heavy atom. The van der Waals surface area contributed by atoms with Crippen molar-refractivity contribution in [2.24, 2.45) is 0 Å². The van der Waals surface area contributed by atoms with Gasteiger partial charge in [0, 0.05) is 18.4 Å². The Bertz CT molecular complexity index is 643. The smallest absolute Gasteiger partial charge is 0.257 e. The third-order valence-corrected chi connectivity index (χ3v) is 4.00. The van der Waals surface area contributed by atoms with Crippen LogP contribution in [0.15, 0.2) is 42.7 Å². The Kier molecular flexibility index (Phi) is 3.88. The van der Waals surface area contributed by atoms with Gasteiger partial charge in [0.05, 0.1) is 17.3 Å². The fourth-order valence-electron chi connectivity index (χ4n) is 2.46. The number of hydrogen-bond acceptors (Lipinski definition) is 3. The molecule has 0 saturated heterocycles.